The topological polar surface area (TPSA) is 46.4 Å². The fourth-order valence-electron chi connectivity index (χ4n) is 2.33. The fraction of sp³-hybridized carbons (Fsp3) is 0.222. The van der Waals surface area contributed by atoms with Crippen LogP contribution in [0.5, 0.6) is 0 Å². The number of thioether (sulfide) groups is 1. The van der Waals surface area contributed by atoms with Gasteiger partial charge in [0.2, 0.25) is 0 Å². The minimum atomic E-state index is -0.0540. The van der Waals surface area contributed by atoms with E-state index in [4.69, 9.17) is 11.6 Å². The van der Waals surface area contributed by atoms with E-state index in [1.54, 1.807) is 18.5 Å². The summed E-state index contributed by atoms with van der Waals surface area (Å²) in [7, 11) is 0. The summed E-state index contributed by atoms with van der Waals surface area (Å²) < 4.78 is 1.84. The number of pyridine rings is 1. The van der Waals surface area contributed by atoms with Crippen molar-refractivity contribution in [3.8, 4) is 0 Å². The molecule has 0 fully saturated rings. The van der Waals surface area contributed by atoms with Crippen molar-refractivity contribution in [2.24, 2.45) is 0 Å². The largest absolute Gasteiger partial charge is 0.352 e. The lowest BCUT2D eigenvalue weighted by Gasteiger charge is -2.06. The molecule has 0 saturated carbocycles. The van der Waals surface area contributed by atoms with Gasteiger partial charge in [-0.05, 0) is 35.9 Å². The number of hydrogen-bond acceptors (Lipinski definition) is 3. The number of carbonyl (C=O) groups is 1. The van der Waals surface area contributed by atoms with Crippen LogP contribution >= 0.6 is 23.4 Å². The first-order valence-electron chi connectivity index (χ1n) is 7.76. The smallest absolute Gasteiger partial charge is 0.252 e. The summed E-state index contributed by atoms with van der Waals surface area (Å²) in [6, 6.07) is 11.5. The highest BCUT2D eigenvalue weighted by molar-refractivity contribution is 7.98. The first-order valence-corrected chi connectivity index (χ1v) is 9.29. The van der Waals surface area contributed by atoms with Gasteiger partial charge in [-0.1, -0.05) is 29.8 Å². The van der Waals surface area contributed by atoms with Crippen molar-refractivity contribution >= 4 is 34.9 Å². The van der Waals surface area contributed by atoms with Crippen molar-refractivity contribution in [2.45, 2.75) is 12.2 Å². The number of nitrogens with zero attached hydrogens (tertiary/aromatic N) is 2. The molecule has 0 aliphatic heterocycles. The molecule has 0 unspecified atom stereocenters. The van der Waals surface area contributed by atoms with Gasteiger partial charge >= 0.3 is 0 Å². The van der Waals surface area contributed by atoms with E-state index >= 15 is 0 Å². The van der Waals surface area contributed by atoms with Gasteiger partial charge < -0.3 is 9.72 Å². The predicted octanol–water partition coefficient (Wildman–Crippen LogP) is 4.04. The van der Waals surface area contributed by atoms with Gasteiger partial charge in [-0.3, -0.25) is 4.79 Å². The SMILES string of the molecule is O=C(NCCCSCc1ccccc1Cl)c1ccc2nccn2c1. The third-order valence-electron chi connectivity index (χ3n) is 3.62. The Morgan fingerprint density at radius 2 is 2.12 bits per heavy atom. The molecule has 2 heterocycles. The van der Waals surface area contributed by atoms with Gasteiger partial charge in [0.25, 0.3) is 5.91 Å². The van der Waals surface area contributed by atoms with Crippen molar-refractivity contribution < 1.29 is 4.79 Å². The van der Waals surface area contributed by atoms with E-state index in [1.165, 1.54) is 0 Å². The summed E-state index contributed by atoms with van der Waals surface area (Å²) >= 11 is 7.95. The van der Waals surface area contributed by atoms with Crippen molar-refractivity contribution in [1.29, 1.82) is 0 Å². The highest BCUT2D eigenvalue weighted by Crippen LogP contribution is 2.20. The second-order valence-electron chi connectivity index (χ2n) is 5.36. The molecule has 0 spiro atoms. The number of carbonyl (C=O) groups excluding carboxylic acids is 1. The maximum atomic E-state index is 12.1. The predicted molar refractivity (Wildman–Crippen MR) is 99.8 cm³/mol. The van der Waals surface area contributed by atoms with Crippen LogP contribution in [0, 0.1) is 0 Å². The second kappa shape index (κ2) is 8.22. The Hall–Kier alpha value is -1.98. The van der Waals surface area contributed by atoms with Crippen LogP contribution in [-0.4, -0.2) is 27.6 Å². The minimum Gasteiger partial charge on any atom is -0.352 e. The lowest BCUT2D eigenvalue weighted by Crippen LogP contribution is -2.25. The van der Waals surface area contributed by atoms with E-state index in [1.807, 2.05) is 52.7 Å². The van der Waals surface area contributed by atoms with Gasteiger partial charge in [0.05, 0.1) is 5.56 Å². The average Bonchev–Trinajstić information content (AvgIpc) is 3.07. The number of aromatic nitrogens is 2. The zero-order chi connectivity index (χ0) is 16.8. The Kier molecular flexibility index (Phi) is 5.77. The van der Waals surface area contributed by atoms with Crippen molar-refractivity contribution in [3.63, 3.8) is 0 Å². The van der Waals surface area contributed by atoms with Gasteiger partial charge in [-0.15, -0.1) is 0 Å². The molecule has 0 saturated heterocycles. The molecule has 1 N–H and O–H groups in total. The summed E-state index contributed by atoms with van der Waals surface area (Å²) in [5.41, 5.74) is 2.63. The monoisotopic (exact) mass is 359 g/mol. The fourth-order valence-corrected chi connectivity index (χ4v) is 3.58. The number of imidazole rings is 1. The average molecular weight is 360 g/mol. The van der Waals surface area contributed by atoms with Crippen LogP contribution < -0.4 is 5.32 Å². The van der Waals surface area contributed by atoms with E-state index < -0.39 is 0 Å². The van der Waals surface area contributed by atoms with Gasteiger partial charge in [0, 0.05) is 35.9 Å². The highest BCUT2D eigenvalue weighted by atomic mass is 35.5. The molecular weight excluding hydrogens is 342 g/mol. The third kappa shape index (κ3) is 4.30. The normalized spacial score (nSPS) is 10.9. The number of nitrogens with one attached hydrogen (secondary N) is 1. The number of halogens is 1. The molecule has 3 rings (SSSR count). The summed E-state index contributed by atoms with van der Waals surface area (Å²) in [4.78, 5) is 16.3. The van der Waals surface area contributed by atoms with Gasteiger partial charge in [-0.2, -0.15) is 11.8 Å². The number of amides is 1. The van der Waals surface area contributed by atoms with Crippen LogP contribution in [0.1, 0.15) is 22.3 Å². The van der Waals surface area contributed by atoms with Crippen LogP contribution in [0.25, 0.3) is 5.65 Å². The quantitative estimate of drug-likeness (QED) is 0.647. The molecule has 1 aromatic carbocycles. The Labute approximate surface area is 150 Å². The molecule has 124 valence electrons. The van der Waals surface area contributed by atoms with Crippen LogP contribution in [-0.2, 0) is 5.75 Å². The number of rotatable bonds is 7. The maximum absolute atomic E-state index is 12.1. The molecule has 0 bridgehead atoms. The lowest BCUT2D eigenvalue weighted by molar-refractivity contribution is 0.0953. The highest BCUT2D eigenvalue weighted by Gasteiger charge is 2.06. The Balaban J connectivity index is 1.38. The summed E-state index contributed by atoms with van der Waals surface area (Å²) in [5, 5.41) is 3.77. The summed E-state index contributed by atoms with van der Waals surface area (Å²) in [6.45, 7) is 0.663. The lowest BCUT2D eigenvalue weighted by atomic mass is 10.2. The molecule has 0 aliphatic rings. The van der Waals surface area contributed by atoms with Crippen molar-refractivity contribution in [2.75, 3.05) is 12.3 Å². The van der Waals surface area contributed by atoms with Gasteiger partial charge in [0.15, 0.2) is 0 Å². The van der Waals surface area contributed by atoms with Crippen LogP contribution in [0.4, 0.5) is 0 Å². The minimum absolute atomic E-state index is 0.0540. The number of hydrogen-bond donors (Lipinski definition) is 1. The molecule has 4 nitrogen and oxygen atoms in total. The molecule has 0 atom stereocenters. The standard InChI is InChI=1S/C18H18ClN3OS/c19-16-5-2-1-4-15(16)13-24-11-3-8-21-18(23)14-6-7-17-20-9-10-22(17)12-14/h1-2,4-7,9-10,12H,3,8,11,13H2,(H,21,23). The molecule has 3 aromatic rings. The molecule has 0 radical (unpaired) electrons. The number of benzene rings is 1. The Bertz CT molecular complexity index is 834. The van der Waals surface area contributed by atoms with Crippen LogP contribution in [0.15, 0.2) is 55.0 Å². The first-order chi connectivity index (χ1) is 11.7. The Morgan fingerprint density at radius 1 is 1.25 bits per heavy atom. The van der Waals surface area contributed by atoms with E-state index in [0.29, 0.717) is 12.1 Å². The molecule has 24 heavy (non-hydrogen) atoms. The summed E-state index contributed by atoms with van der Waals surface area (Å²) in [5.74, 6) is 1.82. The zero-order valence-electron chi connectivity index (χ0n) is 13.1. The second-order valence-corrected chi connectivity index (χ2v) is 6.88. The van der Waals surface area contributed by atoms with E-state index in [9.17, 15) is 4.79 Å². The molecule has 6 heteroatoms. The van der Waals surface area contributed by atoms with E-state index in [-0.39, 0.29) is 5.91 Å². The molecule has 1 amide bonds. The molecule has 0 aliphatic carbocycles. The van der Waals surface area contributed by atoms with Crippen LogP contribution in [0.2, 0.25) is 5.02 Å². The van der Waals surface area contributed by atoms with Gasteiger partial charge in [-0.25, -0.2) is 4.98 Å². The Morgan fingerprint density at radius 3 is 3.00 bits per heavy atom. The van der Waals surface area contributed by atoms with Crippen LogP contribution in [0.3, 0.4) is 0 Å². The summed E-state index contributed by atoms with van der Waals surface area (Å²) in [6.07, 6.45) is 6.27. The van der Waals surface area contributed by atoms with Gasteiger partial charge in [0.1, 0.15) is 5.65 Å². The van der Waals surface area contributed by atoms with Crippen molar-refractivity contribution in [3.05, 3.63) is 71.1 Å². The van der Waals surface area contributed by atoms with E-state index in [0.717, 1.165) is 34.2 Å². The molecular formula is C18H18ClN3OS. The van der Waals surface area contributed by atoms with Crippen molar-refractivity contribution in [1.82, 2.24) is 14.7 Å². The van der Waals surface area contributed by atoms with E-state index in [2.05, 4.69) is 10.3 Å². The third-order valence-corrected chi connectivity index (χ3v) is 5.08. The zero-order valence-corrected chi connectivity index (χ0v) is 14.7. The molecule has 2 aromatic heterocycles. The maximum Gasteiger partial charge on any atom is 0.252 e. The first kappa shape index (κ1) is 16.9. The number of fused-ring (bicyclic) bond motifs is 1.